The average Bonchev–Trinajstić information content (AvgIpc) is 2.16. The van der Waals surface area contributed by atoms with Crippen LogP contribution in [0.3, 0.4) is 0 Å². The molecule has 0 aliphatic carbocycles. The minimum atomic E-state index is -0.322. The van der Waals surface area contributed by atoms with Crippen molar-refractivity contribution in [3.63, 3.8) is 0 Å². The molecule has 76 valence electrons. The monoisotopic (exact) mass is 193 g/mol. The molecular weight excluding hydrogens is 178 g/mol. The van der Waals surface area contributed by atoms with E-state index in [9.17, 15) is 0 Å². The van der Waals surface area contributed by atoms with Gasteiger partial charge in [-0.3, -0.25) is 10.6 Å². The van der Waals surface area contributed by atoms with Gasteiger partial charge in [-0.25, -0.2) is 5.06 Å². The summed E-state index contributed by atoms with van der Waals surface area (Å²) in [6.45, 7) is 2.37. The third-order valence-electron chi connectivity index (χ3n) is 2.01. The molecule has 0 aliphatic rings. The summed E-state index contributed by atoms with van der Waals surface area (Å²) in [5, 5.41) is 16.8. The summed E-state index contributed by atoms with van der Waals surface area (Å²) in [6, 6.07) is 8.04. The summed E-state index contributed by atoms with van der Waals surface area (Å²) in [7, 11) is 0. The molecule has 1 aromatic carbocycles. The highest BCUT2D eigenvalue weighted by molar-refractivity contribution is 5.73. The number of nitrogens with one attached hydrogen (secondary N) is 1. The van der Waals surface area contributed by atoms with Crippen LogP contribution in [0.2, 0.25) is 0 Å². The van der Waals surface area contributed by atoms with Crippen molar-refractivity contribution in [2.45, 2.75) is 13.3 Å². The lowest BCUT2D eigenvalue weighted by Crippen LogP contribution is -2.34. The maximum atomic E-state index is 9.13. The Labute approximate surface area is 83.4 Å². The van der Waals surface area contributed by atoms with E-state index in [4.69, 9.17) is 16.4 Å². The van der Waals surface area contributed by atoms with E-state index in [1.54, 1.807) is 0 Å². The molecule has 0 unspecified atom stereocenters. The first kappa shape index (κ1) is 10.5. The van der Waals surface area contributed by atoms with Gasteiger partial charge in [-0.15, -0.1) is 0 Å². The number of guanidine groups is 1. The third-order valence-corrected chi connectivity index (χ3v) is 2.01. The minimum Gasteiger partial charge on any atom is -0.368 e. The molecule has 0 fully saturated rings. The second kappa shape index (κ2) is 4.62. The Morgan fingerprint density at radius 2 is 2.00 bits per heavy atom. The Kier molecular flexibility index (Phi) is 3.48. The summed E-state index contributed by atoms with van der Waals surface area (Å²) in [5.41, 5.74) is 7.41. The molecule has 4 N–H and O–H groups in total. The van der Waals surface area contributed by atoms with E-state index in [0.29, 0.717) is 13.0 Å². The van der Waals surface area contributed by atoms with Crippen LogP contribution in [-0.2, 0) is 6.42 Å². The topological polar surface area (TPSA) is 73.3 Å². The zero-order chi connectivity index (χ0) is 10.6. The number of nitrogens with zero attached hydrogens (tertiary/aromatic N) is 1. The van der Waals surface area contributed by atoms with Crippen LogP contribution < -0.4 is 5.73 Å². The maximum absolute atomic E-state index is 9.13. The Morgan fingerprint density at radius 3 is 2.50 bits per heavy atom. The van der Waals surface area contributed by atoms with Gasteiger partial charge >= 0.3 is 0 Å². The fourth-order valence-electron chi connectivity index (χ4n) is 1.11. The van der Waals surface area contributed by atoms with Crippen LogP contribution in [0.1, 0.15) is 11.1 Å². The quantitative estimate of drug-likeness (QED) is 0.382. The van der Waals surface area contributed by atoms with Crippen LogP contribution in [0, 0.1) is 12.3 Å². The Hall–Kier alpha value is -1.55. The van der Waals surface area contributed by atoms with E-state index in [0.717, 1.165) is 10.6 Å². The highest BCUT2D eigenvalue weighted by atomic mass is 16.5. The van der Waals surface area contributed by atoms with Crippen molar-refractivity contribution in [3.8, 4) is 0 Å². The number of benzene rings is 1. The molecule has 14 heavy (non-hydrogen) atoms. The predicted octanol–water partition coefficient (Wildman–Crippen LogP) is 1.12. The minimum absolute atomic E-state index is 0.322. The number of rotatable bonds is 3. The lowest BCUT2D eigenvalue weighted by atomic mass is 10.1. The van der Waals surface area contributed by atoms with Gasteiger partial charge in [0.25, 0.3) is 0 Å². The summed E-state index contributed by atoms with van der Waals surface area (Å²) in [5.74, 6) is -0.322. The van der Waals surface area contributed by atoms with Gasteiger partial charge < -0.3 is 5.73 Å². The van der Waals surface area contributed by atoms with Crippen molar-refractivity contribution in [2.24, 2.45) is 5.73 Å². The standard InChI is InChI=1S/C10H15N3O/c1-8-2-4-9(5-3-8)6-7-13(14)10(11)12/h2-5,14H,6-7H2,1H3,(H3,11,12). The first-order chi connectivity index (χ1) is 6.59. The molecule has 0 aliphatic heterocycles. The lowest BCUT2D eigenvalue weighted by molar-refractivity contribution is -0.0158. The van der Waals surface area contributed by atoms with Crippen LogP contribution in [0.15, 0.2) is 24.3 Å². The average molecular weight is 193 g/mol. The van der Waals surface area contributed by atoms with Crippen LogP contribution >= 0.6 is 0 Å². The fraction of sp³-hybridized carbons (Fsp3) is 0.300. The van der Waals surface area contributed by atoms with E-state index in [1.807, 2.05) is 31.2 Å². The summed E-state index contributed by atoms with van der Waals surface area (Å²) < 4.78 is 0. The summed E-state index contributed by atoms with van der Waals surface area (Å²) in [4.78, 5) is 0. The van der Waals surface area contributed by atoms with E-state index in [2.05, 4.69) is 0 Å². The maximum Gasteiger partial charge on any atom is 0.212 e. The molecule has 0 amide bonds. The van der Waals surface area contributed by atoms with Crippen LogP contribution in [-0.4, -0.2) is 22.8 Å². The highest BCUT2D eigenvalue weighted by Crippen LogP contribution is 2.04. The number of hydrogen-bond acceptors (Lipinski definition) is 2. The van der Waals surface area contributed by atoms with Gasteiger partial charge in [0.15, 0.2) is 0 Å². The van der Waals surface area contributed by atoms with E-state index in [-0.39, 0.29) is 5.96 Å². The number of hydrogen-bond donors (Lipinski definition) is 3. The molecule has 4 heteroatoms. The van der Waals surface area contributed by atoms with Gasteiger partial charge in [0.05, 0.1) is 6.54 Å². The van der Waals surface area contributed by atoms with Crippen LogP contribution in [0.4, 0.5) is 0 Å². The first-order valence-electron chi connectivity index (χ1n) is 4.45. The molecule has 0 bridgehead atoms. The SMILES string of the molecule is Cc1ccc(CCN(O)C(=N)N)cc1. The molecule has 0 atom stereocenters. The zero-order valence-corrected chi connectivity index (χ0v) is 8.20. The smallest absolute Gasteiger partial charge is 0.212 e. The van der Waals surface area contributed by atoms with Crippen molar-refractivity contribution in [1.82, 2.24) is 5.06 Å². The van der Waals surface area contributed by atoms with Gasteiger partial charge in [0.2, 0.25) is 5.96 Å². The van der Waals surface area contributed by atoms with Gasteiger partial charge in [0, 0.05) is 0 Å². The first-order valence-corrected chi connectivity index (χ1v) is 4.45. The van der Waals surface area contributed by atoms with Crippen molar-refractivity contribution in [1.29, 1.82) is 5.41 Å². The normalized spacial score (nSPS) is 9.86. The van der Waals surface area contributed by atoms with Gasteiger partial charge in [-0.1, -0.05) is 29.8 Å². The van der Waals surface area contributed by atoms with E-state index in [1.165, 1.54) is 5.56 Å². The Bertz CT molecular complexity index is 308. The number of hydroxylamine groups is 2. The number of nitrogens with two attached hydrogens (primary N) is 1. The lowest BCUT2D eigenvalue weighted by Gasteiger charge is -2.13. The predicted molar refractivity (Wildman–Crippen MR) is 55.3 cm³/mol. The molecule has 0 saturated carbocycles. The molecule has 0 aromatic heterocycles. The Balaban J connectivity index is 2.46. The molecule has 4 nitrogen and oxygen atoms in total. The Morgan fingerprint density at radius 1 is 1.43 bits per heavy atom. The van der Waals surface area contributed by atoms with Crippen molar-refractivity contribution < 1.29 is 5.21 Å². The van der Waals surface area contributed by atoms with Gasteiger partial charge in [-0.05, 0) is 18.9 Å². The molecule has 1 rings (SSSR count). The molecule has 0 heterocycles. The molecular formula is C10H15N3O. The van der Waals surface area contributed by atoms with E-state index < -0.39 is 0 Å². The van der Waals surface area contributed by atoms with Gasteiger partial charge in [-0.2, -0.15) is 0 Å². The number of aryl methyl sites for hydroxylation is 1. The van der Waals surface area contributed by atoms with Crippen molar-refractivity contribution in [2.75, 3.05) is 6.54 Å². The van der Waals surface area contributed by atoms with Crippen molar-refractivity contribution >= 4 is 5.96 Å². The van der Waals surface area contributed by atoms with Crippen LogP contribution in [0.5, 0.6) is 0 Å². The zero-order valence-electron chi connectivity index (χ0n) is 8.20. The second-order valence-corrected chi connectivity index (χ2v) is 3.24. The summed E-state index contributed by atoms with van der Waals surface area (Å²) in [6.07, 6.45) is 0.677. The largest absolute Gasteiger partial charge is 0.368 e. The summed E-state index contributed by atoms with van der Waals surface area (Å²) >= 11 is 0. The van der Waals surface area contributed by atoms with Gasteiger partial charge in [0.1, 0.15) is 0 Å². The van der Waals surface area contributed by atoms with E-state index >= 15 is 0 Å². The molecule has 0 radical (unpaired) electrons. The molecule has 1 aromatic rings. The van der Waals surface area contributed by atoms with Crippen molar-refractivity contribution in [3.05, 3.63) is 35.4 Å². The molecule has 0 spiro atoms. The second-order valence-electron chi connectivity index (χ2n) is 3.24. The molecule has 0 saturated heterocycles. The van der Waals surface area contributed by atoms with Crippen LogP contribution in [0.25, 0.3) is 0 Å². The fourth-order valence-corrected chi connectivity index (χ4v) is 1.11. The highest BCUT2D eigenvalue weighted by Gasteiger charge is 2.01. The third kappa shape index (κ3) is 3.06.